The van der Waals surface area contributed by atoms with Gasteiger partial charge >= 0.3 is 0 Å². The summed E-state index contributed by atoms with van der Waals surface area (Å²) < 4.78 is 0. The maximum absolute atomic E-state index is 11.7. The molecular formula is C20H34O5. The predicted molar refractivity (Wildman–Crippen MR) is 92.5 cm³/mol. The average Bonchev–Trinajstić information content (AvgIpc) is 2.71. The van der Waals surface area contributed by atoms with Gasteiger partial charge in [-0.2, -0.15) is 0 Å². The number of rotatable bonds is 0. The number of hydrogen-bond acceptors (Lipinski definition) is 5. The molecule has 4 rings (SSSR count). The third kappa shape index (κ3) is 1.92. The lowest BCUT2D eigenvalue weighted by molar-refractivity contribution is -0.178. The van der Waals surface area contributed by atoms with Gasteiger partial charge in [-0.25, -0.2) is 0 Å². The Morgan fingerprint density at radius 1 is 0.840 bits per heavy atom. The predicted octanol–water partition coefficient (Wildman–Crippen LogP) is 1.05. The van der Waals surface area contributed by atoms with Crippen molar-refractivity contribution in [1.82, 2.24) is 0 Å². The molecular weight excluding hydrogens is 320 g/mol. The molecule has 4 fully saturated rings. The van der Waals surface area contributed by atoms with E-state index >= 15 is 0 Å². The molecule has 0 amide bonds. The largest absolute Gasteiger partial charge is 0.392 e. The Kier molecular flexibility index (Phi) is 3.63. The van der Waals surface area contributed by atoms with Crippen LogP contribution < -0.4 is 0 Å². The molecule has 0 saturated heterocycles. The smallest absolute Gasteiger partial charge is 0.101 e. The van der Waals surface area contributed by atoms with Crippen LogP contribution in [0.25, 0.3) is 0 Å². The molecule has 5 heteroatoms. The van der Waals surface area contributed by atoms with E-state index in [1.807, 2.05) is 20.8 Å². The highest BCUT2D eigenvalue weighted by Crippen LogP contribution is 2.68. The normalized spacial score (nSPS) is 63.0. The van der Waals surface area contributed by atoms with Gasteiger partial charge in [0.05, 0.1) is 23.9 Å². The van der Waals surface area contributed by atoms with E-state index in [4.69, 9.17) is 0 Å². The summed E-state index contributed by atoms with van der Waals surface area (Å²) in [6.45, 7) is 7.59. The first-order chi connectivity index (χ1) is 11.4. The van der Waals surface area contributed by atoms with Crippen LogP contribution in [0.2, 0.25) is 0 Å². The molecule has 10 atom stereocenters. The van der Waals surface area contributed by atoms with Crippen LogP contribution in [0.3, 0.4) is 0 Å². The lowest BCUT2D eigenvalue weighted by atomic mass is 9.59. The van der Waals surface area contributed by atoms with Crippen molar-refractivity contribution in [3.63, 3.8) is 0 Å². The first-order valence-corrected chi connectivity index (χ1v) is 9.88. The number of aliphatic hydroxyl groups excluding tert-OH is 3. The average molecular weight is 354 g/mol. The SMILES string of the molecule is C[C@@H]1[C@H]2CC[C@@H]3[C@@H](O)[C@@]2(C[C@@H](O)[C@@]2(O)[C@H]1C[C@H](O)C2(C)C)C[C@@]3(C)O. The molecule has 0 aromatic rings. The highest BCUT2D eigenvalue weighted by molar-refractivity contribution is 5.22. The first-order valence-electron chi connectivity index (χ1n) is 9.88. The molecule has 5 nitrogen and oxygen atoms in total. The Morgan fingerprint density at radius 2 is 1.44 bits per heavy atom. The summed E-state index contributed by atoms with van der Waals surface area (Å²) in [7, 11) is 0. The van der Waals surface area contributed by atoms with E-state index in [9.17, 15) is 25.5 Å². The summed E-state index contributed by atoms with van der Waals surface area (Å²) in [4.78, 5) is 0. The van der Waals surface area contributed by atoms with Crippen LogP contribution in [-0.2, 0) is 0 Å². The molecule has 5 N–H and O–H groups in total. The summed E-state index contributed by atoms with van der Waals surface area (Å²) in [5.74, 6) is -0.147. The van der Waals surface area contributed by atoms with Gasteiger partial charge in [0, 0.05) is 16.7 Å². The molecule has 0 aliphatic heterocycles. The fraction of sp³-hybridized carbons (Fsp3) is 1.00. The van der Waals surface area contributed by atoms with Crippen molar-refractivity contribution in [3.05, 3.63) is 0 Å². The summed E-state index contributed by atoms with van der Waals surface area (Å²) in [5.41, 5.74) is -3.65. The van der Waals surface area contributed by atoms with Gasteiger partial charge in [-0.05, 0) is 56.8 Å². The van der Waals surface area contributed by atoms with Gasteiger partial charge in [0.1, 0.15) is 5.60 Å². The topological polar surface area (TPSA) is 101 Å². The van der Waals surface area contributed by atoms with Crippen molar-refractivity contribution >= 4 is 0 Å². The molecule has 4 aliphatic rings. The van der Waals surface area contributed by atoms with Crippen molar-refractivity contribution in [1.29, 1.82) is 0 Å². The molecule has 0 aromatic heterocycles. The molecule has 4 saturated carbocycles. The van der Waals surface area contributed by atoms with Crippen molar-refractivity contribution in [2.75, 3.05) is 0 Å². The minimum absolute atomic E-state index is 0.0723. The van der Waals surface area contributed by atoms with E-state index in [1.54, 1.807) is 0 Å². The Hall–Kier alpha value is -0.200. The van der Waals surface area contributed by atoms with Crippen LogP contribution in [0.1, 0.15) is 59.8 Å². The summed E-state index contributed by atoms with van der Waals surface area (Å²) in [6.07, 6.45) is 0.606. The summed E-state index contributed by atoms with van der Waals surface area (Å²) in [6, 6.07) is 0. The second kappa shape index (κ2) is 4.99. The van der Waals surface area contributed by atoms with Crippen LogP contribution in [0.4, 0.5) is 0 Å². The maximum atomic E-state index is 11.7. The van der Waals surface area contributed by atoms with Gasteiger partial charge in [0.15, 0.2) is 0 Å². The van der Waals surface area contributed by atoms with Gasteiger partial charge in [-0.3, -0.25) is 0 Å². The lowest BCUT2D eigenvalue weighted by Gasteiger charge is -2.47. The van der Waals surface area contributed by atoms with Crippen LogP contribution >= 0.6 is 0 Å². The van der Waals surface area contributed by atoms with Gasteiger partial charge in [-0.1, -0.05) is 20.8 Å². The van der Waals surface area contributed by atoms with E-state index in [1.165, 1.54) is 0 Å². The second-order valence-corrected chi connectivity index (χ2v) is 10.5. The zero-order valence-electron chi connectivity index (χ0n) is 15.8. The van der Waals surface area contributed by atoms with Crippen LogP contribution in [0.5, 0.6) is 0 Å². The van der Waals surface area contributed by atoms with E-state index in [-0.39, 0.29) is 23.7 Å². The molecule has 0 aromatic carbocycles. The third-order valence-corrected chi connectivity index (χ3v) is 9.24. The third-order valence-electron chi connectivity index (χ3n) is 9.24. The van der Waals surface area contributed by atoms with Gasteiger partial charge < -0.3 is 25.5 Å². The molecule has 1 spiro atoms. The molecule has 25 heavy (non-hydrogen) atoms. The Labute approximate surface area is 150 Å². The zero-order valence-corrected chi connectivity index (χ0v) is 15.8. The number of fused-ring (bicyclic) bond motifs is 2. The van der Waals surface area contributed by atoms with Crippen LogP contribution in [0.15, 0.2) is 0 Å². The highest BCUT2D eigenvalue weighted by atomic mass is 16.4. The second-order valence-electron chi connectivity index (χ2n) is 10.5. The van der Waals surface area contributed by atoms with E-state index in [0.717, 1.165) is 12.8 Å². The molecule has 0 unspecified atom stereocenters. The monoisotopic (exact) mass is 354 g/mol. The number of aliphatic hydroxyl groups is 5. The fourth-order valence-corrected chi connectivity index (χ4v) is 7.79. The molecule has 0 radical (unpaired) electrons. The van der Waals surface area contributed by atoms with Crippen molar-refractivity contribution in [3.8, 4) is 0 Å². The molecule has 4 aliphatic carbocycles. The highest BCUT2D eigenvalue weighted by Gasteiger charge is 2.72. The van der Waals surface area contributed by atoms with Gasteiger partial charge in [-0.15, -0.1) is 0 Å². The summed E-state index contributed by atoms with van der Waals surface area (Å²) >= 11 is 0. The lowest BCUT2D eigenvalue weighted by Crippen LogP contribution is -2.57. The van der Waals surface area contributed by atoms with Crippen LogP contribution in [-0.4, -0.2) is 55.0 Å². The minimum Gasteiger partial charge on any atom is -0.392 e. The molecule has 0 heterocycles. The molecule has 2 bridgehead atoms. The Balaban J connectivity index is 1.83. The summed E-state index contributed by atoms with van der Waals surface area (Å²) in [5, 5.41) is 55.4. The standard InChI is InChI=1S/C20H34O5/c1-10-11-5-6-12-16(23)19(11,9-18(12,4)24)8-15(22)20(25)13(10)7-14(21)17(20,2)3/h10-16,21-25H,5-9H2,1-4H3/t10-,11-,12-,13+,14+,15-,16-,18-,19+,20+/m1/s1. The molecule has 144 valence electrons. The van der Waals surface area contributed by atoms with Gasteiger partial charge in [0.25, 0.3) is 0 Å². The Morgan fingerprint density at radius 3 is 2.08 bits per heavy atom. The van der Waals surface area contributed by atoms with Crippen LogP contribution in [0, 0.1) is 34.5 Å². The minimum atomic E-state index is -1.37. The quantitative estimate of drug-likeness (QED) is 0.448. The fourth-order valence-electron chi connectivity index (χ4n) is 7.79. The number of hydrogen-bond donors (Lipinski definition) is 5. The van der Waals surface area contributed by atoms with E-state index in [0.29, 0.717) is 19.3 Å². The van der Waals surface area contributed by atoms with Crippen molar-refractivity contribution < 1.29 is 25.5 Å². The van der Waals surface area contributed by atoms with Crippen molar-refractivity contribution in [2.24, 2.45) is 34.5 Å². The van der Waals surface area contributed by atoms with Crippen molar-refractivity contribution in [2.45, 2.75) is 89.3 Å². The maximum Gasteiger partial charge on any atom is 0.101 e. The van der Waals surface area contributed by atoms with E-state index < -0.39 is 40.3 Å². The van der Waals surface area contributed by atoms with Gasteiger partial charge in [0.2, 0.25) is 0 Å². The first kappa shape index (κ1) is 18.2. The Bertz CT molecular complexity index is 574. The zero-order chi connectivity index (χ0) is 18.6. The van der Waals surface area contributed by atoms with E-state index in [2.05, 4.69) is 6.92 Å².